The lowest BCUT2D eigenvalue weighted by Gasteiger charge is -2.21. The van der Waals surface area contributed by atoms with Gasteiger partial charge in [-0.3, -0.25) is 23.4 Å². The van der Waals surface area contributed by atoms with Crippen molar-refractivity contribution in [3.05, 3.63) is 60.8 Å². The summed E-state index contributed by atoms with van der Waals surface area (Å²) in [6, 6.07) is 0. The van der Waals surface area contributed by atoms with Crippen molar-refractivity contribution in [2.45, 2.75) is 303 Å². The van der Waals surface area contributed by atoms with E-state index < -0.39 is 57.8 Å². The van der Waals surface area contributed by atoms with E-state index in [-0.39, 0.29) is 25.9 Å². The van der Waals surface area contributed by atoms with Gasteiger partial charge in [-0.25, -0.2) is 4.57 Å². The van der Waals surface area contributed by atoms with Crippen molar-refractivity contribution < 1.29 is 52.2 Å². The van der Waals surface area contributed by atoms with Crippen LogP contribution in [0.3, 0.4) is 0 Å². The van der Waals surface area contributed by atoms with Gasteiger partial charge in [-0.1, -0.05) is 229 Å². The van der Waals surface area contributed by atoms with Crippen LogP contribution in [-0.4, -0.2) is 66.5 Å². The van der Waals surface area contributed by atoms with E-state index in [0.29, 0.717) is 19.3 Å². The Morgan fingerprint density at radius 3 is 1.07 bits per heavy atom. The van der Waals surface area contributed by atoms with Gasteiger partial charge >= 0.3 is 25.7 Å². The third-order valence-corrected chi connectivity index (χ3v) is 14.3. The van der Waals surface area contributed by atoms with Crippen LogP contribution in [0.25, 0.3) is 0 Å². The van der Waals surface area contributed by atoms with Crippen molar-refractivity contribution in [3.63, 3.8) is 0 Å². The standard InChI is InChI=1S/C64H115O11P/c1-4-7-10-13-16-19-22-25-28-30-33-36-39-42-45-48-51-54-63(67)74-60(56-65)58-72-76(69,70)73-59-61(57-71-62(66)53-50-47-44-41-38-35-32-27-24-21-18-15-12-9-6-3)75-64(68)55-52-49-46-43-40-37-34-31-29-26-23-20-17-14-11-8-5-2/h9,12,18,21,25-29,32,60-61,65H,4-8,10-11,13-17,19-20,22-24,30-31,33-59H2,1-3H3,(H,69,70)/b12-9-,21-18-,28-25-,29-26-,32-27-. The van der Waals surface area contributed by atoms with Crippen LogP contribution in [0.15, 0.2) is 60.8 Å². The monoisotopic (exact) mass is 1090 g/mol. The Kier molecular flexibility index (Phi) is 56.2. The van der Waals surface area contributed by atoms with Crippen molar-refractivity contribution in [3.8, 4) is 0 Å². The molecule has 76 heavy (non-hydrogen) atoms. The second-order valence-corrected chi connectivity index (χ2v) is 22.3. The maximum Gasteiger partial charge on any atom is 0.472 e. The minimum atomic E-state index is -4.76. The summed E-state index contributed by atoms with van der Waals surface area (Å²) in [5.41, 5.74) is 0. The molecule has 3 atom stereocenters. The van der Waals surface area contributed by atoms with Crippen LogP contribution in [0.4, 0.5) is 0 Å². The highest BCUT2D eigenvalue weighted by atomic mass is 31.2. The average molecular weight is 1090 g/mol. The van der Waals surface area contributed by atoms with Gasteiger partial charge in [0.2, 0.25) is 0 Å². The first-order chi connectivity index (χ1) is 37.2. The van der Waals surface area contributed by atoms with Crippen molar-refractivity contribution in [2.75, 3.05) is 26.4 Å². The van der Waals surface area contributed by atoms with Crippen LogP contribution in [-0.2, 0) is 42.2 Å². The second kappa shape index (κ2) is 58.3. The third kappa shape index (κ3) is 55.9. The number of allylic oxidation sites excluding steroid dienone is 10. The zero-order valence-corrected chi connectivity index (χ0v) is 49.9. The summed E-state index contributed by atoms with van der Waals surface area (Å²) in [6.07, 6.45) is 64.5. The first kappa shape index (κ1) is 73.2. The van der Waals surface area contributed by atoms with E-state index in [1.54, 1.807) is 0 Å². The van der Waals surface area contributed by atoms with Crippen LogP contribution in [0.1, 0.15) is 290 Å². The Balaban J connectivity index is 4.70. The van der Waals surface area contributed by atoms with Crippen LogP contribution in [0, 0.1) is 0 Å². The molecule has 0 saturated carbocycles. The number of unbranched alkanes of at least 4 members (excludes halogenated alkanes) is 31. The van der Waals surface area contributed by atoms with Crippen LogP contribution in [0.2, 0.25) is 0 Å². The number of carbonyl (C=O) groups excluding carboxylic acids is 3. The molecule has 0 aliphatic carbocycles. The Hall–Kier alpha value is -2.82. The molecule has 0 aromatic heterocycles. The molecule has 0 aliphatic rings. The summed E-state index contributed by atoms with van der Waals surface area (Å²) in [5.74, 6) is -1.48. The van der Waals surface area contributed by atoms with Crippen LogP contribution in [0.5, 0.6) is 0 Å². The topological polar surface area (TPSA) is 155 Å². The fraction of sp³-hybridized carbons (Fsp3) is 0.797. The molecule has 0 saturated heterocycles. The number of carbonyl (C=O) groups is 3. The van der Waals surface area contributed by atoms with Gasteiger partial charge < -0.3 is 24.2 Å². The molecule has 442 valence electrons. The molecule has 2 N–H and O–H groups in total. The van der Waals surface area contributed by atoms with Gasteiger partial charge in [0.25, 0.3) is 0 Å². The van der Waals surface area contributed by atoms with Crippen molar-refractivity contribution in [1.82, 2.24) is 0 Å². The highest BCUT2D eigenvalue weighted by Gasteiger charge is 2.28. The Morgan fingerprint density at radius 2 is 0.684 bits per heavy atom. The molecule has 11 nitrogen and oxygen atoms in total. The second-order valence-electron chi connectivity index (χ2n) is 20.8. The van der Waals surface area contributed by atoms with E-state index in [0.717, 1.165) is 109 Å². The van der Waals surface area contributed by atoms with Crippen molar-refractivity contribution in [2.24, 2.45) is 0 Å². The highest BCUT2D eigenvalue weighted by Crippen LogP contribution is 2.43. The van der Waals surface area contributed by atoms with E-state index in [9.17, 15) is 28.9 Å². The Bertz CT molecular complexity index is 1510. The van der Waals surface area contributed by atoms with Crippen molar-refractivity contribution >= 4 is 25.7 Å². The predicted molar refractivity (Wildman–Crippen MR) is 316 cm³/mol. The molecule has 0 spiro atoms. The smallest absolute Gasteiger partial charge is 0.462 e. The zero-order chi connectivity index (χ0) is 55.5. The number of esters is 3. The number of hydrogen-bond acceptors (Lipinski definition) is 10. The Morgan fingerprint density at radius 1 is 0.382 bits per heavy atom. The number of ether oxygens (including phenoxy) is 3. The summed E-state index contributed by atoms with van der Waals surface area (Å²) >= 11 is 0. The molecule has 0 rings (SSSR count). The fourth-order valence-corrected chi connectivity index (χ4v) is 9.44. The minimum absolute atomic E-state index is 0.159. The van der Waals surface area contributed by atoms with E-state index in [1.807, 2.05) is 0 Å². The van der Waals surface area contributed by atoms with Gasteiger partial charge in [0.05, 0.1) is 19.8 Å². The van der Waals surface area contributed by atoms with Crippen molar-refractivity contribution in [1.29, 1.82) is 0 Å². The number of phosphoric ester groups is 1. The maximum atomic E-state index is 12.9. The summed E-state index contributed by atoms with van der Waals surface area (Å²) in [6.45, 7) is 4.54. The van der Waals surface area contributed by atoms with Crippen LogP contribution >= 0.6 is 7.82 Å². The molecule has 0 aromatic carbocycles. The van der Waals surface area contributed by atoms with E-state index in [2.05, 4.69) is 81.5 Å². The SMILES string of the molecule is CC/C=C\C/C=C\C/C=C\CCCCCCCC(=O)OCC(COP(=O)(O)OCC(CO)OC(=O)CCCCCCCCC/C=C\CCCCCCCC)OC(=O)CCCCCCCCC/C=C\CCCCCCCC. The van der Waals surface area contributed by atoms with Gasteiger partial charge in [0.15, 0.2) is 6.10 Å². The molecule has 0 heterocycles. The Labute approximate surface area is 465 Å². The minimum Gasteiger partial charge on any atom is -0.462 e. The third-order valence-electron chi connectivity index (χ3n) is 13.4. The molecule has 0 radical (unpaired) electrons. The largest absolute Gasteiger partial charge is 0.472 e. The predicted octanol–water partition coefficient (Wildman–Crippen LogP) is 18.7. The summed E-state index contributed by atoms with van der Waals surface area (Å²) in [4.78, 5) is 48.7. The molecule has 0 aliphatic heterocycles. The number of aliphatic hydroxyl groups excluding tert-OH is 1. The number of hydrogen-bond donors (Lipinski definition) is 2. The molecule has 3 unspecified atom stereocenters. The van der Waals surface area contributed by atoms with Gasteiger partial charge in [0.1, 0.15) is 12.7 Å². The lowest BCUT2D eigenvalue weighted by molar-refractivity contribution is -0.161. The lowest BCUT2D eigenvalue weighted by atomic mass is 10.1. The zero-order valence-electron chi connectivity index (χ0n) is 49.0. The van der Waals surface area contributed by atoms with Gasteiger partial charge in [-0.15, -0.1) is 0 Å². The molecule has 12 heteroatoms. The highest BCUT2D eigenvalue weighted by molar-refractivity contribution is 7.47. The fourth-order valence-electron chi connectivity index (χ4n) is 8.66. The normalized spacial score (nSPS) is 13.7. The summed E-state index contributed by atoms with van der Waals surface area (Å²) in [7, 11) is -4.76. The number of phosphoric acid groups is 1. The van der Waals surface area contributed by atoms with Gasteiger partial charge in [-0.2, -0.15) is 0 Å². The quantitative estimate of drug-likeness (QED) is 0.0197. The van der Waals surface area contributed by atoms with E-state index in [4.69, 9.17) is 23.3 Å². The molecular formula is C64H115O11P. The number of aliphatic hydroxyl groups is 1. The molecule has 0 amide bonds. The van der Waals surface area contributed by atoms with E-state index >= 15 is 0 Å². The van der Waals surface area contributed by atoms with Gasteiger partial charge in [-0.05, 0) is 103 Å². The lowest BCUT2D eigenvalue weighted by Crippen LogP contribution is -2.30. The van der Waals surface area contributed by atoms with Gasteiger partial charge in [0, 0.05) is 19.3 Å². The molecule has 0 fully saturated rings. The first-order valence-electron chi connectivity index (χ1n) is 31.2. The molecular weight excluding hydrogens is 976 g/mol. The van der Waals surface area contributed by atoms with E-state index in [1.165, 1.54) is 122 Å². The average Bonchev–Trinajstić information content (AvgIpc) is 3.41. The maximum absolute atomic E-state index is 12.9. The number of rotatable bonds is 58. The van der Waals surface area contributed by atoms with Crippen LogP contribution < -0.4 is 0 Å². The molecule has 0 aromatic rings. The first-order valence-corrected chi connectivity index (χ1v) is 32.7. The molecule has 0 bridgehead atoms. The summed E-state index contributed by atoms with van der Waals surface area (Å²) in [5, 5.41) is 9.84. The summed E-state index contributed by atoms with van der Waals surface area (Å²) < 4.78 is 39.6.